The van der Waals surface area contributed by atoms with Gasteiger partial charge in [-0.05, 0) is 211 Å². The second-order valence-corrected chi connectivity index (χ2v) is 38.0. The van der Waals surface area contributed by atoms with Crippen LogP contribution in [-0.4, -0.2) is 61.1 Å². The molecule has 0 aliphatic heterocycles. The number of aryl methyl sites for hydroxylation is 1. The molecule has 0 heterocycles. The van der Waals surface area contributed by atoms with Gasteiger partial charge in [-0.25, -0.2) is 4.39 Å². The van der Waals surface area contributed by atoms with E-state index in [-0.39, 0.29) is 31.6 Å². The minimum Gasteiger partial charge on any atom is -0.507 e. The molecule has 17 aromatic carbocycles. The Hall–Kier alpha value is -14.2. The number of phenols is 5. The van der Waals surface area contributed by atoms with Crippen LogP contribution in [0.15, 0.2) is 400 Å². The summed E-state index contributed by atoms with van der Waals surface area (Å²) >= 11 is 0. The van der Waals surface area contributed by atoms with Crippen molar-refractivity contribution in [3.8, 4) is 57.5 Å². The molecular weight excluding hydrogens is 1790 g/mol. The van der Waals surface area contributed by atoms with Crippen LogP contribution in [0.3, 0.4) is 0 Å². The topological polar surface area (TPSA) is 207 Å². The second kappa shape index (κ2) is 52.5. The van der Waals surface area contributed by atoms with E-state index < -0.39 is 0 Å². The number of ether oxygens (including phenoxy) is 5. The molecule has 0 aliphatic rings. The van der Waals surface area contributed by atoms with Gasteiger partial charge < -0.3 is 75.8 Å². The first-order valence-electron chi connectivity index (χ1n) is 44.4. The summed E-state index contributed by atoms with van der Waals surface area (Å²) in [6.07, 6.45) is 1.44. The molecule has 0 aliphatic carbocycles. The molecule has 0 bridgehead atoms. The molecule has 0 amide bonds. The van der Waals surface area contributed by atoms with Crippen LogP contribution in [0.1, 0.15) is 55.6 Å². The van der Waals surface area contributed by atoms with Crippen LogP contribution in [0, 0.1) is 12.7 Å². The smallest absolute Gasteiger partial charge is 0.165 e. The Kier molecular flexibility index (Phi) is 38.3. The van der Waals surface area contributed by atoms with E-state index in [1.165, 1.54) is 60.7 Å². The third-order valence-corrected chi connectivity index (χ3v) is 29.3. The Morgan fingerprint density at radius 1 is 0.235 bits per heavy atom. The van der Waals surface area contributed by atoms with Gasteiger partial charge in [-0.2, -0.15) is 0 Å². The van der Waals surface area contributed by atoms with Crippen LogP contribution in [0.5, 0.6) is 57.5 Å². The third kappa shape index (κ3) is 29.9. The molecule has 136 heavy (non-hydrogen) atoms. The zero-order valence-corrected chi connectivity index (χ0v) is 81.7. The Morgan fingerprint density at radius 2 is 0.581 bits per heavy atom. The molecule has 0 fully saturated rings. The zero-order valence-electron chi connectivity index (χ0n) is 76.7. The van der Waals surface area contributed by atoms with Crippen LogP contribution < -0.4 is 103 Å². The van der Waals surface area contributed by atoms with E-state index in [4.69, 9.17) is 23.7 Å². The van der Waals surface area contributed by atoms with Crippen LogP contribution in [0.25, 0.3) is 0 Å². The Balaban J connectivity index is 0.000000145. The van der Waals surface area contributed by atoms with Crippen molar-refractivity contribution >= 4 is 124 Å². The minimum atomic E-state index is -0.259. The first-order valence-corrected chi connectivity index (χ1v) is 49.4. The molecule has 0 aromatic heterocycles. The Morgan fingerprint density at radius 3 is 1.03 bits per heavy atom. The fourth-order valence-corrected chi connectivity index (χ4v) is 21.1. The van der Waals surface area contributed by atoms with Crippen LogP contribution >= 0.6 is 42.9 Å². The van der Waals surface area contributed by atoms with E-state index in [1.807, 2.05) is 231 Å². The van der Waals surface area contributed by atoms with Gasteiger partial charge in [0.2, 0.25) is 0 Å². The maximum Gasteiger partial charge on any atom is 0.165 e. The summed E-state index contributed by atoms with van der Waals surface area (Å²) in [7, 11) is 9.53. The van der Waals surface area contributed by atoms with Gasteiger partial charge in [0, 0.05) is 100 Å². The van der Waals surface area contributed by atoms with Crippen LogP contribution in [-0.2, 0) is 45.6 Å². The van der Waals surface area contributed by atoms with Crippen molar-refractivity contribution in [2.45, 2.75) is 52.5 Å². The number of hydrogen-bond acceptors (Lipinski definition) is 15. The molecule has 17 rings (SSSR count). The van der Waals surface area contributed by atoms with Crippen molar-refractivity contribution in [1.82, 2.24) is 0 Å². The number of para-hydroxylation sites is 7. The molecule has 10 N–H and O–H groups in total. The van der Waals surface area contributed by atoms with Crippen molar-refractivity contribution < 1.29 is 53.6 Å². The number of benzene rings is 17. The highest BCUT2D eigenvalue weighted by atomic mass is 31.1. The number of halogens is 1. The summed E-state index contributed by atoms with van der Waals surface area (Å²) in [6, 6.07) is 132. The van der Waals surface area contributed by atoms with Crippen LogP contribution in [0.4, 0.5) is 32.8 Å². The van der Waals surface area contributed by atoms with Gasteiger partial charge in [-0.1, -0.05) is 322 Å². The van der Waals surface area contributed by atoms with Gasteiger partial charge in [-0.3, -0.25) is 0 Å². The maximum absolute atomic E-state index is 14.2. The number of methoxy groups -OCH3 is 5. The Labute approximate surface area is 806 Å². The first-order chi connectivity index (χ1) is 66.6. The van der Waals surface area contributed by atoms with E-state index in [2.05, 4.69) is 161 Å². The number of hydrogen-bond donors (Lipinski definition) is 10. The fraction of sp³-hybridized carbons (Fsp3) is 0.113. The van der Waals surface area contributed by atoms with Crippen molar-refractivity contribution in [3.63, 3.8) is 0 Å². The van der Waals surface area contributed by atoms with Gasteiger partial charge in [0.05, 0.1) is 35.5 Å². The highest BCUT2D eigenvalue weighted by Crippen LogP contribution is 2.37. The monoisotopic (exact) mass is 1900 g/mol. The van der Waals surface area contributed by atoms with Gasteiger partial charge in [0.1, 0.15) is 28.8 Å². The van der Waals surface area contributed by atoms with E-state index in [9.17, 15) is 29.9 Å². The number of nitrogens with one attached hydrogen (secondary N) is 5. The van der Waals surface area contributed by atoms with Gasteiger partial charge >= 0.3 is 0 Å². The second-order valence-electron chi connectivity index (χ2n) is 31.4. The standard InChI is InChI=1S/C33H29FNOP.C21H22NO3P.C21H22NO2P.2C20H20NO2P/c34-29-16-17-31(28(22-29)23-35-30-14-8-3-9-15-30)37-32-21-26(18-24-10-4-1-5-11-24)20-27(33(32)36)19-25-12-6-2-7-13-25;1-24-17-12-18(25-2)21(23)20(13-17)26-19-11-7-6-8-15(19)14-22-16-9-4-3-5-10-16;1-15-8-6-9-16(14-22-17-10-4-3-5-11-17)21(15)25-19-13-7-12-18(24-2)20(19)23;1-23-17-11-7-13-19(20(17)22)24-18-12-6-5-8-15(18)14-21-16-9-3-2-4-10-16;1-23-17-11-12-18(22)20(13-17)24-19-10-6-5-7-15(19)14-21-16-8-3-2-4-9-16/h1-17,20-22,35-37H,18-19,23H2;3-13,22-23,26H,14H2,1-2H3;3-13,22-23,25H,14H2,1-2H3;2*2-13,21-22,24H,14H2,1H3. The lowest BCUT2D eigenvalue weighted by atomic mass is 9.98. The van der Waals surface area contributed by atoms with E-state index in [0.717, 1.165) is 121 Å². The van der Waals surface area contributed by atoms with E-state index in [0.29, 0.717) is 81.8 Å². The Bertz CT molecular complexity index is 6530. The predicted molar refractivity (Wildman–Crippen MR) is 575 cm³/mol. The average molecular weight is 1900 g/mol. The molecule has 15 nitrogen and oxygen atoms in total. The molecule has 21 heteroatoms. The van der Waals surface area contributed by atoms with Crippen molar-refractivity contribution in [2.24, 2.45) is 0 Å². The van der Waals surface area contributed by atoms with Gasteiger partial charge in [0.15, 0.2) is 34.5 Å². The summed E-state index contributed by atoms with van der Waals surface area (Å²) in [6.45, 7) is 5.58. The lowest BCUT2D eigenvalue weighted by molar-refractivity contribution is 0.366. The lowest BCUT2D eigenvalue weighted by Crippen LogP contribution is -2.15. The van der Waals surface area contributed by atoms with E-state index >= 15 is 0 Å². The zero-order chi connectivity index (χ0) is 95.0. The maximum atomic E-state index is 14.2. The number of aromatic hydroxyl groups is 5. The normalized spacial score (nSPS) is 11.0. The molecule has 0 saturated heterocycles. The largest absolute Gasteiger partial charge is 0.507 e. The lowest BCUT2D eigenvalue weighted by Gasteiger charge is -2.16. The highest BCUT2D eigenvalue weighted by molar-refractivity contribution is 7.57. The average Bonchev–Trinajstić information content (AvgIpc) is 0.806. The molecule has 5 atom stereocenters. The summed E-state index contributed by atoms with van der Waals surface area (Å²) in [4.78, 5) is 0. The summed E-state index contributed by atoms with van der Waals surface area (Å²) in [5, 5.41) is 80.1. The molecule has 690 valence electrons. The minimum absolute atomic E-state index is 0.164. The molecule has 5 unspecified atom stereocenters. The van der Waals surface area contributed by atoms with Crippen molar-refractivity contribution in [2.75, 3.05) is 62.1 Å². The first kappa shape index (κ1) is 99.3. The molecular formula is C115H113FN5O10P5. The van der Waals surface area contributed by atoms with Gasteiger partial charge in [-0.15, -0.1) is 0 Å². The quantitative estimate of drug-likeness (QED) is 0.0170. The predicted octanol–water partition coefficient (Wildman–Crippen LogP) is 21.8. The SMILES string of the molecule is COc1cc(OC)c(O)c(Pc2ccccc2CNc2ccccc2)c1.COc1ccc(O)c(Pc2ccccc2CNc2ccccc2)c1.COc1cccc(Pc2c(C)cccc2CNc2ccccc2)c1O.COc1cccc(Pc2ccccc2CNc2ccccc2)c1O.Oc1c(Cc2ccccc2)cc(Cc2ccccc2)cc1Pc1ccc(F)cc1CNc1ccccc1. The number of phenolic OH excluding ortho intramolecular Hbond substituents is 5. The molecule has 17 aromatic rings. The molecule has 0 spiro atoms. The molecule has 0 radical (unpaired) electrons. The number of anilines is 5. The van der Waals surface area contributed by atoms with Crippen molar-refractivity contribution in [1.29, 1.82) is 0 Å². The van der Waals surface area contributed by atoms with Crippen molar-refractivity contribution in [3.05, 3.63) is 462 Å². The van der Waals surface area contributed by atoms with Crippen LogP contribution in [0.2, 0.25) is 0 Å². The summed E-state index contributed by atoms with van der Waals surface area (Å²) < 4.78 is 40.5. The fourth-order valence-electron chi connectivity index (χ4n) is 14.8. The van der Waals surface area contributed by atoms with Gasteiger partial charge in [0.25, 0.3) is 0 Å². The summed E-state index contributed by atoms with van der Waals surface area (Å²) in [5.41, 5.74) is 16.8. The molecule has 0 saturated carbocycles. The summed E-state index contributed by atoms with van der Waals surface area (Å²) in [5.74, 6) is 3.87. The highest BCUT2D eigenvalue weighted by Gasteiger charge is 2.20. The third-order valence-electron chi connectivity index (χ3n) is 22.0. The van der Waals surface area contributed by atoms with E-state index in [1.54, 1.807) is 71.9 Å². The number of rotatable bonds is 34.